The molecule has 1 aliphatic heterocycles. The number of carbonyl (C=O) groups excluding carboxylic acids is 1. The highest BCUT2D eigenvalue weighted by molar-refractivity contribution is 5.68. The average Bonchev–Trinajstić information content (AvgIpc) is 2.20. The van der Waals surface area contributed by atoms with Crippen molar-refractivity contribution in [2.24, 2.45) is 0 Å². The van der Waals surface area contributed by atoms with Crippen LogP contribution in [0.2, 0.25) is 0 Å². The predicted molar refractivity (Wildman–Crippen MR) is 67.5 cm³/mol. The molecule has 0 amide bonds. The molecule has 0 bridgehead atoms. The van der Waals surface area contributed by atoms with Crippen molar-refractivity contribution in [3.63, 3.8) is 0 Å². The highest BCUT2D eigenvalue weighted by Gasteiger charge is 2.49. The lowest BCUT2D eigenvalue weighted by atomic mass is 9.80. The van der Waals surface area contributed by atoms with Crippen LogP contribution in [-0.2, 0) is 14.5 Å². The number of hydroxylamine groups is 2. The fourth-order valence-corrected chi connectivity index (χ4v) is 2.78. The van der Waals surface area contributed by atoms with Crippen LogP contribution < -0.4 is 0 Å². The summed E-state index contributed by atoms with van der Waals surface area (Å²) in [5.41, 5.74) is -1.04. The van der Waals surface area contributed by atoms with E-state index in [2.05, 4.69) is 0 Å². The maximum atomic E-state index is 11.5. The predicted octanol–water partition coefficient (Wildman–Crippen LogP) is 2.08. The maximum absolute atomic E-state index is 11.5. The van der Waals surface area contributed by atoms with Crippen LogP contribution in [0.1, 0.15) is 53.9 Å². The van der Waals surface area contributed by atoms with Crippen molar-refractivity contribution in [3.8, 4) is 0 Å². The van der Waals surface area contributed by atoms with Crippen LogP contribution in [0.3, 0.4) is 0 Å². The molecule has 0 N–H and O–H groups in total. The third-order valence-electron chi connectivity index (χ3n) is 3.27. The van der Waals surface area contributed by atoms with Gasteiger partial charge in [-0.3, -0.25) is 4.79 Å². The summed E-state index contributed by atoms with van der Waals surface area (Å²) in [5, 5.41) is 11.4. The molecule has 7 heteroatoms. The summed E-state index contributed by atoms with van der Waals surface area (Å²) in [6.07, 6.45) is 0.650. The zero-order chi connectivity index (χ0) is 14.8. The van der Waals surface area contributed by atoms with E-state index < -0.39 is 22.3 Å². The number of hydrogen-bond donors (Lipinski definition) is 0. The molecule has 0 spiro atoms. The first-order chi connectivity index (χ1) is 8.58. The minimum Gasteiger partial charge on any atom is -0.367 e. The molecular weight excluding hydrogens is 252 g/mol. The standard InChI is InChI=1S/C12H22N2O5/c1-6-10(15)19-13-11(2,3)7-9(18-14(16)17)8-12(13,4)5/h9H,6-8H2,1-5H3. The molecule has 1 fully saturated rings. The molecule has 0 aliphatic carbocycles. The first kappa shape index (κ1) is 15.7. The highest BCUT2D eigenvalue weighted by atomic mass is 17.0. The van der Waals surface area contributed by atoms with Gasteiger partial charge in [-0.25, -0.2) is 0 Å². The van der Waals surface area contributed by atoms with Crippen LogP contribution in [0.4, 0.5) is 0 Å². The van der Waals surface area contributed by atoms with E-state index in [1.54, 1.807) is 12.0 Å². The maximum Gasteiger partial charge on any atom is 0.324 e. The van der Waals surface area contributed by atoms with Gasteiger partial charge in [0.1, 0.15) is 6.10 Å². The Morgan fingerprint density at radius 2 is 1.79 bits per heavy atom. The molecule has 0 unspecified atom stereocenters. The lowest BCUT2D eigenvalue weighted by Crippen LogP contribution is -2.62. The Bertz CT molecular complexity index is 349. The van der Waals surface area contributed by atoms with Crippen molar-refractivity contribution < 1.29 is 19.6 Å². The Morgan fingerprint density at radius 1 is 1.32 bits per heavy atom. The second-order valence-corrected chi connectivity index (χ2v) is 6.10. The molecule has 1 heterocycles. The Labute approximate surface area is 112 Å². The number of rotatable bonds is 4. The summed E-state index contributed by atoms with van der Waals surface area (Å²) in [5.74, 6) is -0.310. The summed E-state index contributed by atoms with van der Waals surface area (Å²) >= 11 is 0. The first-order valence-electron chi connectivity index (χ1n) is 6.41. The molecule has 0 radical (unpaired) electrons. The molecular formula is C12H22N2O5. The summed E-state index contributed by atoms with van der Waals surface area (Å²) < 4.78 is 0. The number of piperidine rings is 1. The van der Waals surface area contributed by atoms with E-state index in [0.717, 1.165) is 0 Å². The zero-order valence-corrected chi connectivity index (χ0v) is 12.1. The van der Waals surface area contributed by atoms with Crippen LogP contribution in [0, 0.1) is 10.1 Å². The number of nitrogens with zero attached hydrogens (tertiary/aromatic N) is 2. The van der Waals surface area contributed by atoms with E-state index in [1.165, 1.54) is 0 Å². The minimum atomic E-state index is -0.759. The number of hydrogen-bond acceptors (Lipinski definition) is 6. The molecule has 0 atom stereocenters. The van der Waals surface area contributed by atoms with Crippen molar-refractivity contribution >= 4 is 5.97 Å². The van der Waals surface area contributed by atoms with Crippen LogP contribution in [0.25, 0.3) is 0 Å². The second-order valence-electron chi connectivity index (χ2n) is 6.10. The van der Waals surface area contributed by atoms with Crippen LogP contribution in [-0.4, -0.2) is 33.3 Å². The quantitative estimate of drug-likeness (QED) is 0.576. The topological polar surface area (TPSA) is 81.9 Å². The molecule has 1 rings (SSSR count). The molecule has 0 aromatic rings. The monoisotopic (exact) mass is 274 g/mol. The van der Waals surface area contributed by atoms with Crippen molar-refractivity contribution in [2.75, 3.05) is 0 Å². The van der Waals surface area contributed by atoms with Crippen LogP contribution >= 0.6 is 0 Å². The number of carbonyl (C=O) groups is 1. The fourth-order valence-electron chi connectivity index (χ4n) is 2.78. The SMILES string of the molecule is CCC(=O)ON1C(C)(C)CC(O[N+](=O)[O-])CC1(C)C. The Kier molecular flexibility index (Phi) is 4.39. The van der Waals surface area contributed by atoms with Gasteiger partial charge in [0.15, 0.2) is 0 Å². The molecule has 0 aromatic heterocycles. The van der Waals surface area contributed by atoms with E-state index in [0.29, 0.717) is 12.8 Å². The van der Waals surface area contributed by atoms with Crippen molar-refractivity contribution in [3.05, 3.63) is 10.1 Å². The van der Waals surface area contributed by atoms with Gasteiger partial charge in [0.05, 0.1) is 11.1 Å². The summed E-state index contributed by atoms with van der Waals surface area (Å²) in [4.78, 5) is 32.1. The van der Waals surface area contributed by atoms with Gasteiger partial charge >= 0.3 is 5.97 Å². The third kappa shape index (κ3) is 3.79. The van der Waals surface area contributed by atoms with Gasteiger partial charge in [-0.1, -0.05) is 6.92 Å². The summed E-state index contributed by atoms with van der Waals surface area (Å²) in [7, 11) is 0. The highest BCUT2D eigenvalue weighted by Crippen LogP contribution is 2.39. The van der Waals surface area contributed by atoms with Crippen molar-refractivity contribution in [1.29, 1.82) is 0 Å². The normalized spacial score (nSPS) is 22.8. The molecule has 110 valence electrons. The Balaban J connectivity index is 2.89. The largest absolute Gasteiger partial charge is 0.367 e. The van der Waals surface area contributed by atoms with Gasteiger partial charge in [0.25, 0.3) is 5.09 Å². The zero-order valence-electron chi connectivity index (χ0n) is 12.1. The van der Waals surface area contributed by atoms with Gasteiger partial charge in [-0.2, -0.15) is 0 Å². The molecule has 1 saturated heterocycles. The lowest BCUT2D eigenvalue weighted by Gasteiger charge is -2.52. The fraction of sp³-hybridized carbons (Fsp3) is 0.917. The lowest BCUT2D eigenvalue weighted by molar-refractivity contribution is -0.770. The molecule has 7 nitrogen and oxygen atoms in total. The summed E-state index contributed by atoms with van der Waals surface area (Å²) in [6.45, 7) is 9.26. The van der Waals surface area contributed by atoms with Crippen LogP contribution in [0.5, 0.6) is 0 Å². The average molecular weight is 274 g/mol. The Morgan fingerprint density at radius 3 is 2.16 bits per heavy atom. The van der Waals surface area contributed by atoms with E-state index in [9.17, 15) is 14.9 Å². The van der Waals surface area contributed by atoms with Gasteiger partial charge < -0.3 is 9.68 Å². The van der Waals surface area contributed by atoms with Gasteiger partial charge in [0, 0.05) is 6.42 Å². The summed E-state index contributed by atoms with van der Waals surface area (Å²) in [6, 6.07) is 0. The van der Waals surface area contributed by atoms with E-state index in [1.807, 2.05) is 27.7 Å². The van der Waals surface area contributed by atoms with E-state index in [4.69, 9.17) is 9.68 Å². The molecule has 0 saturated carbocycles. The minimum absolute atomic E-state index is 0.289. The molecule has 0 aromatic carbocycles. The molecule has 19 heavy (non-hydrogen) atoms. The first-order valence-corrected chi connectivity index (χ1v) is 6.41. The van der Waals surface area contributed by atoms with Crippen LogP contribution in [0.15, 0.2) is 0 Å². The molecule has 1 aliphatic rings. The Hall–Kier alpha value is -1.37. The van der Waals surface area contributed by atoms with E-state index >= 15 is 0 Å². The van der Waals surface area contributed by atoms with Crippen molar-refractivity contribution in [1.82, 2.24) is 5.06 Å². The van der Waals surface area contributed by atoms with Gasteiger partial charge in [-0.05, 0) is 40.5 Å². The smallest absolute Gasteiger partial charge is 0.324 e. The van der Waals surface area contributed by atoms with Gasteiger partial charge in [-0.15, -0.1) is 15.2 Å². The van der Waals surface area contributed by atoms with E-state index in [-0.39, 0.29) is 12.4 Å². The second kappa shape index (κ2) is 5.32. The van der Waals surface area contributed by atoms with Crippen molar-refractivity contribution in [2.45, 2.75) is 71.1 Å². The van der Waals surface area contributed by atoms with Gasteiger partial charge in [0.2, 0.25) is 0 Å². The third-order valence-corrected chi connectivity index (χ3v) is 3.27.